The van der Waals surface area contributed by atoms with Gasteiger partial charge in [-0.1, -0.05) is 48.5 Å². The molecule has 24 heavy (non-hydrogen) atoms. The maximum absolute atomic E-state index is 12.7. The highest BCUT2D eigenvalue weighted by Crippen LogP contribution is 2.30. The molecule has 0 amide bonds. The van der Waals surface area contributed by atoms with E-state index in [4.69, 9.17) is 4.74 Å². The van der Waals surface area contributed by atoms with E-state index in [1.807, 2.05) is 6.07 Å². The molecule has 3 rings (SSSR count). The van der Waals surface area contributed by atoms with E-state index in [2.05, 4.69) is 0 Å². The Morgan fingerprint density at radius 3 is 2.12 bits per heavy atom. The highest BCUT2D eigenvalue weighted by atomic mass is 16.6. The lowest BCUT2D eigenvalue weighted by molar-refractivity contribution is -0.384. The first kappa shape index (κ1) is 15.4. The molecule has 0 N–H and O–H groups in total. The van der Waals surface area contributed by atoms with E-state index in [0.717, 1.165) is 0 Å². The molecule has 0 saturated heterocycles. The number of hydrogen-bond donors (Lipinski definition) is 0. The van der Waals surface area contributed by atoms with E-state index in [1.54, 1.807) is 54.6 Å². The Bertz CT molecular complexity index is 876. The van der Waals surface area contributed by atoms with Crippen molar-refractivity contribution in [3.8, 4) is 11.5 Å². The van der Waals surface area contributed by atoms with Crippen LogP contribution in [0.3, 0.4) is 0 Å². The molecule has 0 bridgehead atoms. The quantitative estimate of drug-likeness (QED) is 0.390. The maximum atomic E-state index is 12.7. The van der Waals surface area contributed by atoms with Crippen LogP contribution in [-0.4, -0.2) is 10.7 Å². The summed E-state index contributed by atoms with van der Waals surface area (Å²) in [6.45, 7) is 0. The molecule has 0 atom stereocenters. The lowest BCUT2D eigenvalue weighted by atomic mass is 10.0. The molecule has 0 fully saturated rings. The Morgan fingerprint density at radius 2 is 1.50 bits per heavy atom. The molecule has 0 unspecified atom stereocenters. The van der Waals surface area contributed by atoms with Gasteiger partial charge < -0.3 is 4.74 Å². The van der Waals surface area contributed by atoms with Crippen LogP contribution in [0.15, 0.2) is 78.9 Å². The Kier molecular flexibility index (Phi) is 4.34. The largest absolute Gasteiger partial charge is 0.457 e. The second-order valence-corrected chi connectivity index (χ2v) is 5.05. The lowest BCUT2D eigenvalue weighted by Crippen LogP contribution is -2.04. The first-order valence-electron chi connectivity index (χ1n) is 7.26. The fourth-order valence-corrected chi connectivity index (χ4v) is 2.26. The average Bonchev–Trinajstić information content (AvgIpc) is 2.63. The molecule has 0 aromatic heterocycles. The Hall–Kier alpha value is -3.47. The van der Waals surface area contributed by atoms with E-state index < -0.39 is 4.92 Å². The summed E-state index contributed by atoms with van der Waals surface area (Å²) in [5, 5.41) is 11.0. The van der Waals surface area contributed by atoms with Gasteiger partial charge in [0.1, 0.15) is 11.5 Å². The van der Waals surface area contributed by atoms with Crippen LogP contribution in [-0.2, 0) is 0 Å². The van der Waals surface area contributed by atoms with E-state index in [-0.39, 0.29) is 22.8 Å². The van der Waals surface area contributed by atoms with Crippen molar-refractivity contribution in [1.82, 2.24) is 0 Å². The van der Waals surface area contributed by atoms with E-state index >= 15 is 0 Å². The summed E-state index contributed by atoms with van der Waals surface area (Å²) < 4.78 is 5.74. The van der Waals surface area contributed by atoms with Crippen molar-refractivity contribution in [2.24, 2.45) is 0 Å². The molecule has 118 valence electrons. The number of non-ortho nitro benzene ring substituents is 1. The second kappa shape index (κ2) is 6.75. The van der Waals surface area contributed by atoms with Crippen molar-refractivity contribution in [3.05, 3.63) is 100 Å². The number of hydrogen-bond acceptors (Lipinski definition) is 4. The zero-order valence-electron chi connectivity index (χ0n) is 12.6. The van der Waals surface area contributed by atoms with Gasteiger partial charge in [0.15, 0.2) is 5.78 Å². The van der Waals surface area contributed by atoms with Gasteiger partial charge in [-0.05, 0) is 18.2 Å². The first-order valence-corrected chi connectivity index (χ1v) is 7.26. The molecule has 3 aromatic rings. The van der Waals surface area contributed by atoms with Crippen LogP contribution in [0.1, 0.15) is 15.9 Å². The van der Waals surface area contributed by atoms with Gasteiger partial charge in [-0.15, -0.1) is 0 Å². The van der Waals surface area contributed by atoms with Gasteiger partial charge in [0.05, 0.1) is 10.5 Å². The number of para-hydroxylation sites is 1. The van der Waals surface area contributed by atoms with Gasteiger partial charge in [-0.25, -0.2) is 0 Å². The van der Waals surface area contributed by atoms with Crippen molar-refractivity contribution in [2.45, 2.75) is 0 Å². The summed E-state index contributed by atoms with van der Waals surface area (Å²) in [4.78, 5) is 23.2. The number of nitrogens with zero attached hydrogens (tertiary/aromatic N) is 1. The maximum Gasteiger partial charge on any atom is 0.270 e. The Labute approximate surface area is 138 Å². The SMILES string of the molecule is O=C(c1ccccc1)c1cc([N+](=O)[O-])ccc1O[13c]1[13cH][13cH][13cH][13cH][13cH]1. The molecule has 0 aliphatic carbocycles. The van der Waals surface area contributed by atoms with Crippen molar-refractivity contribution >= 4 is 11.5 Å². The molecule has 5 heteroatoms. The summed E-state index contributed by atoms with van der Waals surface area (Å²) in [6, 6.07) is 21.6. The lowest BCUT2D eigenvalue weighted by Gasteiger charge is -2.10. The average molecular weight is 325 g/mol. The van der Waals surface area contributed by atoms with Crippen molar-refractivity contribution in [2.75, 3.05) is 0 Å². The molecule has 0 spiro atoms. The van der Waals surface area contributed by atoms with E-state index in [0.29, 0.717) is 11.3 Å². The molecule has 0 aliphatic rings. The molecule has 5 nitrogen and oxygen atoms in total. The van der Waals surface area contributed by atoms with E-state index in [1.165, 1.54) is 18.2 Å². The standard InChI is InChI=1S/C19H13NO4/c21-19(14-7-3-1-4-8-14)17-13-15(20(22)23)11-12-18(17)24-16-9-5-2-6-10-16/h1-13H/i2+1,5+1,6+1,9+1,10+1,16+1. The topological polar surface area (TPSA) is 69.4 Å². The van der Waals surface area contributed by atoms with Crippen LogP contribution < -0.4 is 4.74 Å². The summed E-state index contributed by atoms with van der Waals surface area (Å²) >= 11 is 0. The third kappa shape index (κ3) is 3.30. The van der Waals surface area contributed by atoms with Crippen LogP contribution >= 0.6 is 0 Å². The molecule has 0 aliphatic heterocycles. The molecule has 0 radical (unpaired) electrons. The fourth-order valence-electron chi connectivity index (χ4n) is 2.26. The molecule has 3 aromatic carbocycles. The number of rotatable bonds is 5. The number of ether oxygens (including phenoxy) is 1. The van der Waals surface area contributed by atoms with E-state index in [9.17, 15) is 14.9 Å². The zero-order chi connectivity index (χ0) is 16.9. The molecule has 0 saturated carbocycles. The summed E-state index contributed by atoms with van der Waals surface area (Å²) in [5.74, 6) is 0.499. The minimum absolute atomic E-state index is 0.152. The van der Waals surface area contributed by atoms with Gasteiger partial charge in [0.25, 0.3) is 5.69 Å². The van der Waals surface area contributed by atoms with Crippen LogP contribution in [0.4, 0.5) is 5.69 Å². The Morgan fingerprint density at radius 1 is 0.875 bits per heavy atom. The van der Waals surface area contributed by atoms with Gasteiger partial charge in [-0.2, -0.15) is 0 Å². The third-order valence-corrected chi connectivity index (χ3v) is 3.43. The van der Waals surface area contributed by atoms with Crippen LogP contribution in [0.25, 0.3) is 0 Å². The van der Waals surface area contributed by atoms with Gasteiger partial charge in [-0.3, -0.25) is 14.9 Å². The third-order valence-electron chi connectivity index (χ3n) is 3.43. The molecular formula is C19H13NO4. The minimum atomic E-state index is -0.534. The number of benzene rings is 3. The molecule has 0 heterocycles. The number of ketones is 1. The zero-order valence-corrected chi connectivity index (χ0v) is 12.6. The highest BCUT2D eigenvalue weighted by Gasteiger charge is 2.19. The van der Waals surface area contributed by atoms with Crippen LogP contribution in [0, 0.1) is 10.1 Å². The fraction of sp³-hybridized carbons (Fsp3) is 0. The second-order valence-electron chi connectivity index (χ2n) is 5.05. The number of nitro groups is 1. The monoisotopic (exact) mass is 325 g/mol. The predicted octanol–water partition coefficient (Wildman–Crippen LogP) is 4.62. The summed E-state index contributed by atoms with van der Waals surface area (Å²) in [5.41, 5.74) is 0.435. The Balaban J connectivity index is 2.05. The van der Waals surface area contributed by atoms with Gasteiger partial charge in [0.2, 0.25) is 0 Å². The molecular weight excluding hydrogens is 312 g/mol. The van der Waals surface area contributed by atoms with Gasteiger partial charge >= 0.3 is 0 Å². The predicted molar refractivity (Wildman–Crippen MR) is 89.5 cm³/mol. The van der Waals surface area contributed by atoms with Crippen molar-refractivity contribution in [3.63, 3.8) is 0 Å². The number of carbonyl (C=O) groups excluding carboxylic acids is 1. The minimum Gasteiger partial charge on any atom is -0.457 e. The van der Waals surface area contributed by atoms with Crippen LogP contribution in [0.2, 0.25) is 0 Å². The highest BCUT2D eigenvalue weighted by molar-refractivity contribution is 6.11. The van der Waals surface area contributed by atoms with Crippen molar-refractivity contribution in [1.29, 1.82) is 0 Å². The summed E-state index contributed by atoms with van der Waals surface area (Å²) in [7, 11) is 0. The van der Waals surface area contributed by atoms with Crippen LogP contribution in [0.5, 0.6) is 11.5 Å². The number of carbonyl (C=O) groups is 1. The summed E-state index contributed by atoms with van der Waals surface area (Å²) in [6.07, 6.45) is 0. The smallest absolute Gasteiger partial charge is 0.270 e. The normalized spacial score (nSPS) is 10.2. The van der Waals surface area contributed by atoms with Gasteiger partial charge in [0, 0.05) is 17.7 Å². The number of nitro benzene ring substituents is 1. The first-order chi connectivity index (χ1) is 11.6. The van der Waals surface area contributed by atoms with Crippen molar-refractivity contribution < 1.29 is 14.5 Å².